The standard InChI is InChI=1S/C20H16N4OS/c1-12-6-5-8-14(10-12)11-16-17(21)24-20(22-18(16)25)26-19(23-24)15-9-4-3-7-13(15)2/h3-11,21H,1-2H3/b16-11-,21-17?. The van der Waals surface area contributed by atoms with Gasteiger partial charge in [0.05, 0.1) is 5.57 Å². The molecule has 1 amide bonds. The maximum absolute atomic E-state index is 12.5. The Balaban J connectivity index is 1.72. The number of hydrogen-bond acceptors (Lipinski definition) is 4. The molecule has 0 saturated carbocycles. The van der Waals surface area contributed by atoms with E-state index in [9.17, 15) is 4.79 Å². The van der Waals surface area contributed by atoms with Crippen molar-refractivity contribution in [3.05, 3.63) is 76.4 Å². The SMILES string of the molecule is Cc1cccc(/C=C2/C(=N)N3N=C(c4ccccc4C)SC3=NC2=O)c1. The van der Waals surface area contributed by atoms with Crippen molar-refractivity contribution in [3.63, 3.8) is 0 Å². The maximum Gasteiger partial charge on any atom is 0.283 e. The van der Waals surface area contributed by atoms with E-state index >= 15 is 0 Å². The lowest BCUT2D eigenvalue weighted by Crippen LogP contribution is -2.35. The van der Waals surface area contributed by atoms with E-state index in [4.69, 9.17) is 5.41 Å². The van der Waals surface area contributed by atoms with Gasteiger partial charge in [0.15, 0.2) is 5.84 Å². The van der Waals surface area contributed by atoms with Crippen LogP contribution in [0.5, 0.6) is 0 Å². The van der Waals surface area contributed by atoms with Crippen LogP contribution < -0.4 is 0 Å². The van der Waals surface area contributed by atoms with Crippen molar-refractivity contribution in [2.24, 2.45) is 10.1 Å². The van der Waals surface area contributed by atoms with Crippen molar-refractivity contribution in [1.29, 1.82) is 5.41 Å². The molecule has 2 aliphatic heterocycles. The molecule has 4 rings (SSSR count). The molecule has 128 valence electrons. The summed E-state index contributed by atoms with van der Waals surface area (Å²) in [6, 6.07) is 15.7. The molecule has 0 aliphatic carbocycles. The third-order valence-electron chi connectivity index (χ3n) is 4.18. The molecule has 2 aromatic carbocycles. The highest BCUT2D eigenvalue weighted by Gasteiger charge is 2.36. The van der Waals surface area contributed by atoms with E-state index in [-0.39, 0.29) is 11.4 Å². The van der Waals surface area contributed by atoms with Crippen molar-refractivity contribution in [2.75, 3.05) is 0 Å². The number of amidine groups is 2. The summed E-state index contributed by atoms with van der Waals surface area (Å²) in [6.07, 6.45) is 1.70. The number of hydrazone groups is 1. The first-order valence-electron chi connectivity index (χ1n) is 8.16. The van der Waals surface area contributed by atoms with E-state index in [0.29, 0.717) is 5.17 Å². The van der Waals surface area contributed by atoms with Crippen molar-refractivity contribution >= 4 is 39.8 Å². The fraction of sp³-hybridized carbons (Fsp3) is 0.100. The van der Waals surface area contributed by atoms with Crippen molar-refractivity contribution in [2.45, 2.75) is 13.8 Å². The van der Waals surface area contributed by atoms with Gasteiger partial charge in [-0.25, -0.2) is 0 Å². The monoisotopic (exact) mass is 360 g/mol. The number of carbonyl (C=O) groups is 1. The zero-order valence-electron chi connectivity index (χ0n) is 14.4. The minimum atomic E-state index is -0.406. The van der Waals surface area contributed by atoms with Crippen LogP contribution in [0.3, 0.4) is 0 Å². The van der Waals surface area contributed by atoms with Gasteiger partial charge in [0.1, 0.15) is 5.04 Å². The van der Waals surface area contributed by atoms with Crippen molar-refractivity contribution < 1.29 is 4.79 Å². The average molecular weight is 360 g/mol. The van der Waals surface area contributed by atoms with E-state index in [1.165, 1.54) is 16.8 Å². The molecular formula is C20H16N4OS. The fourth-order valence-corrected chi connectivity index (χ4v) is 3.82. The number of fused-ring (bicyclic) bond motifs is 1. The van der Waals surface area contributed by atoms with Crippen LogP contribution in [0.15, 0.2) is 64.2 Å². The third-order valence-corrected chi connectivity index (χ3v) is 5.12. The number of aryl methyl sites for hydroxylation is 2. The number of carbonyl (C=O) groups excluding carboxylic acids is 1. The molecule has 0 unspecified atom stereocenters. The highest BCUT2D eigenvalue weighted by molar-refractivity contribution is 8.27. The highest BCUT2D eigenvalue weighted by Crippen LogP contribution is 2.31. The third kappa shape index (κ3) is 2.88. The topological polar surface area (TPSA) is 68.9 Å². The van der Waals surface area contributed by atoms with Crippen LogP contribution in [0.4, 0.5) is 0 Å². The predicted molar refractivity (Wildman–Crippen MR) is 106 cm³/mol. The smallest absolute Gasteiger partial charge is 0.282 e. The van der Waals surface area contributed by atoms with Crippen LogP contribution in [0.2, 0.25) is 0 Å². The molecule has 2 aromatic rings. The molecule has 0 atom stereocenters. The second-order valence-electron chi connectivity index (χ2n) is 6.15. The summed E-state index contributed by atoms with van der Waals surface area (Å²) in [7, 11) is 0. The molecule has 0 spiro atoms. The van der Waals surface area contributed by atoms with Gasteiger partial charge >= 0.3 is 0 Å². The van der Waals surface area contributed by atoms with Gasteiger partial charge in [-0.1, -0.05) is 54.1 Å². The van der Waals surface area contributed by atoms with Crippen LogP contribution in [0.25, 0.3) is 6.08 Å². The summed E-state index contributed by atoms with van der Waals surface area (Å²) >= 11 is 1.32. The number of benzene rings is 2. The molecule has 0 saturated heterocycles. The minimum absolute atomic E-state index is 0.0533. The highest BCUT2D eigenvalue weighted by atomic mass is 32.2. The van der Waals surface area contributed by atoms with Crippen LogP contribution in [0.1, 0.15) is 22.3 Å². The Hall–Kier alpha value is -2.99. The predicted octanol–water partition coefficient (Wildman–Crippen LogP) is 3.97. The van der Waals surface area contributed by atoms with E-state index in [2.05, 4.69) is 10.1 Å². The van der Waals surface area contributed by atoms with Crippen molar-refractivity contribution in [1.82, 2.24) is 5.01 Å². The van der Waals surface area contributed by atoms with E-state index < -0.39 is 5.91 Å². The number of amides is 1. The van der Waals surface area contributed by atoms with Gasteiger partial charge in [0, 0.05) is 5.56 Å². The van der Waals surface area contributed by atoms with Gasteiger partial charge in [0.25, 0.3) is 5.91 Å². The Morgan fingerprint density at radius 1 is 1.12 bits per heavy atom. The van der Waals surface area contributed by atoms with Crippen molar-refractivity contribution in [3.8, 4) is 0 Å². The molecule has 0 aromatic heterocycles. The van der Waals surface area contributed by atoms with Gasteiger partial charge in [-0.2, -0.15) is 15.1 Å². The number of aliphatic imine (C=N–C) groups is 1. The van der Waals surface area contributed by atoms with Gasteiger partial charge in [-0.05, 0) is 42.8 Å². The molecule has 0 radical (unpaired) electrons. The lowest BCUT2D eigenvalue weighted by atomic mass is 10.1. The molecule has 2 heterocycles. The molecule has 6 heteroatoms. The van der Waals surface area contributed by atoms with E-state index in [1.54, 1.807) is 6.08 Å². The largest absolute Gasteiger partial charge is 0.283 e. The number of thioether (sulfide) groups is 1. The normalized spacial score (nSPS) is 18.1. The first-order valence-corrected chi connectivity index (χ1v) is 8.97. The van der Waals surface area contributed by atoms with Gasteiger partial charge in [-0.15, -0.1) is 0 Å². The lowest BCUT2D eigenvalue weighted by molar-refractivity contribution is -0.114. The molecular weight excluding hydrogens is 344 g/mol. The fourth-order valence-electron chi connectivity index (χ4n) is 2.84. The molecule has 5 nitrogen and oxygen atoms in total. The summed E-state index contributed by atoms with van der Waals surface area (Å²) in [5.41, 5.74) is 4.28. The maximum atomic E-state index is 12.5. The molecule has 26 heavy (non-hydrogen) atoms. The van der Waals surface area contributed by atoms with Crippen LogP contribution >= 0.6 is 11.8 Å². The second kappa shape index (κ2) is 6.38. The number of nitrogens with zero attached hydrogens (tertiary/aromatic N) is 3. The zero-order valence-corrected chi connectivity index (χ0v) is 15.2. The van der Waals surface area contributed by atoms with E-state index in [0.717, 1.165) is 27.3 Å². The summed E-state index contributed by atoms with van der Waals surface area (Å²) in [6.45, 7) is 4.00. The molecule has 2 aliphatic rings. The summed E-state index contributed by atoms with van der Waals surface area (Å²) in [5.74, 6) is -0.353. The average Bonchev–Trinajstić information content (AvgIpc) is 3.03. The quantitative estimate of drug-likeness (QED) is 0.824. The number of hydrogen-bond donors (Lipinski definition) is 1. The minimum Gasteiger partial charge on any atom is -0.282 e. The first-order chi connectivity index (χ1) is 12.5. The van der Waals surface area contributed by atoms with Gasteiger partial charge < -0.3 is 0 Å². The number of nitrogens with one attached hydrogen (secondary N) is 1. The van der Waals surface area contributed by atoms with Crippen LogP contribution in [0, 0.1) is 19.3 Å². The second-order valence-corrected chi connectivity index (χ2v) is 7.11. The molecule has 0 fully saturated rings. The Kier molecular flexibility index (Phi) is 4.05. The lowest BCUT2D eigenvalue weighted by Gasteiger charge is -2.20. The number of rotatable bonds is 2. The Labute approximate surface area is 155 Å². The molecule has 1 N–H and O–H groups in total. The van der Waals surface area contributed by atoms with E-state index in [1.807, 2.05) is 62.4 Å². The Morgan fingerprint density at radius 3 is 2.69 bits per heavy atom. The van der Waals surface area contributed by atoms with Gasteiger partial charge in [-0.3, -0.25) is 10.2 Å². The van der Waals surface area contributed by atoms with Crippen LogP contribution in [-0.2, 0) is 4.79 Å². The molecule has 0 bridgehead atoms. The van der Waals surface area contributed by atoms with Gasteiger partial charge in [0.2, 0.25) is 5.17 Å². The summed E-state index contributed by atoms with van der Waals surface area (Å²) in [4.78, 5) is 16.6. The summed E-state index contributed by atoms with van der Waals surface area (Å²) < 4.78 is 0. The summed E-state index contributed by atoms with van der Waals surface area (Å²) in [5, 5.41) is 15.6. The first kappa shape index (κ1) is 16.5. The van der Waals surface area contributed by atoms with Crippen LogP contribution in [-0.4, -0.2) is 27.0 Å². The Morgan fingerprint density at radius 2 is 1.92 bits per heavy atom. The Bertz CT molecular complexity index is 1040. The zero-order chi connectivity index (χ0) is 18.3.